The fraction of sp³-hybridized carbons (Fsp3) is 0.467. The molecule has 0 radical (unpaired) electrons. The first-order chi connectivity index (χ1) is 9.04. The molecule has 4 heteroatoms. The molecule has 1 aliphatic carbocycles. The molecule has 0 unspecified atom stereocenters. The number of aliphatic hydroxyl groups is 1. The monoisotopic (exact) mass is 266 g/mol. The number of hydrogen-bond donors (Lipinski definition) is 1. The summed E-state index contributed by atoms with van der Waals surface area (Å²) in [4.78, 5) is 0. The third-order valence-corrected chi connectivity index (χ3v) is 3.35. The number of methoxy groups -OCH3 is 1. The standard InChI is InChI=1S/C15H16F2O2/c1-19-14-10-12(16)11(9-13(14)17)5-8-15(18)6-3-2-4-7-15/h9-10,18H,2-4,6-7H2,1H3. The Bertz CT molecular complexity index is 523. The highest BCUT2D eigenvalue weighted by Crippen LogP contribution is 2.27. The van der Waals surface area contributed by atoms with Gasteiger partial charge in [-0.25, -0.2) is 8.78 Å². The Morgan fingerprint density at radius 2 is 1.84 bits per heavy atom. The summed E-state index contributed by atoms with van der Waals surface area (Å²) in [7, 11) is 1.27. The van der Waals surface area contributed by atoms with Crippen LogP contribution in [0.3, 0.4) is 0 Å². The van der Waals surface area contributed by atoms with E-state index in [0.29, 0.717) is 12.8 Å². The molecule has 0 spiro atoms. The highest BCUT2D eigenvalue weighted by Gasteiger charge is 2.26. The minimum absolute atomic E-state index is 0.0581. The van der Waals surface area contributed by atoms with E-state index in [0.717, 1.165) is 31.4 Å². The molecule has 0 aromatic heterocycles. The molecule has 1 aromatic carbocycles. The van der Waals surface area contributed by atoms with E-state index in [-0.39, 0.29) is 11.3 Å². The van der Waals surface area contributed by atoms with Gasteiger partial charge in [-0.05, 0) is 31.7 Å². The molecule has 0 saturated heterocycles. The summed E-state index contributed by atoms with van der Waals surface area (Å²) in [5.74, 6) is 3.76. The summed E-state index contributed by atoms with van der Waals surface area (Å²) in [5, 5.41) is 10.2. The van der Waals surface area contributed by atoms with Gasteiger partial charge in [0.05, 0.1) is 12.7 Å². The average Bonchev–Trinajstić information content (AvgIpc) is 2.40. The van der Waals surface area contributed by atoms with Crippen molar-refractivity contribution in [2.24, 2.45) is 0 Å². The van der Waals surface area contributed by atoms with E-state index >= 15 is 0 Å². The van der Waals surface area contributed by atoms with Crippen LogP contribution in [0.4, 0.5) is 8.78 Å². The number of halogens is 2. The lowest BCUT2D eigenvalue weighted by Crippen LogP contribution is -2.29. The third kappa shape index (κ3) is 3.24. The highest BCUT2D eigenvalue weighted by molar-refractivity contribution is 5.42. The molecule has 1 fully saturated rings. The summed E-state index contributed by atoms with van der Waals surface area (Å²) in [6.45, 7) is 0. The predicted octanol–water partition coefficient (Wildman–Crippen LogP) is 3.02. The van der Waals surface area contributed by atoms with Crippen molar-refractivity contribution in [1.82, 2.24) is 0 Å². The van der Waals surface area contributed by atoms with Gasteiger partial charge < -0.3 is 9.84 Å². The van der Waals surface area contributed by atoms with E-state index in [4.69, 9.17) is 0 Å². The maximum Gasteiger partial charge on any atom is 0.166 e. The largest absolute Gasteiger partial charge is 0.494 e. The van der Waals surface area contributed by atoms with Crippen LogP contribution in [0.1, 0.15) is 37.7 Å². The summed E-state index contributed by atoms with van der Waals surface area (Å²) >= 11 is 0. The lowest BCUT2D eigenvalue weighted by Gasteiger charge is -2.26. The van der Waals surface area contributed by atoms with Crippen LogP contribution in [0.2, 0.25) is 0 Å². The lowest BCUT2D eigenvalue weighted by molar-refractivity contribution is 0.0610. The molecule has 0 aliphatic heterocycles. The van der Waals surface area contributed by atoms with Gasteiger partial charge in [0.15, 0.2) is 11.6 Å². The second-order valence-electron chi connectivity index (χ2n) is 4.81. The van der Waals surface area contributed by atoms with Crippen LogP contribution in [0.5, 0.6) is 5.75 Å². The van der Waals surface area contributed by atoms with Gasteiger partial charge in [-0.2, -0.15) is 0 Å². The normalized spacial score (nSPS) is 17.5. The van der Waals surface area contributed by atoms with Crippen LogP contribution in [0.25, 0.3) is 0 Å². The molecule has 0 atom stereocenters. The van der Waals surface area contributed by atoms with E-state index in [2.05, 4.69) is 16.6 Å². The molecule has 2 rings (SSSR count). The van der Waals surface area contributed by atoms with Gasteiger partial charge in [-0.3, -0.25) is 0 Å². The fourth-order valence-corrected chi connectivity index (χ4v) is 2.23. The quantitative estimate of drug-likeness (QED) is 0.792. The van der Waals surface area contributed by atoms with Crippen LogP contribution in [0, 0.1) is 23.5 Å². The first-order valence-electron chi connectivity index (χ1n) is 6.33. The van der Waals surface area contributed by atoms with E-state index in [1.165, 1.54) is 7.11 Å². The van der Waals surface area contributed by atoms with Crippen LogP contribution in [0.15, 0.2) is 12.1 Å². The molecule has 0 heterocycles. The van der Waals surface area contributed by atoms with Crippen LogP contribution >= 0.6 is 0 Å². The van der Waals surface area contributed by atoms with Crippen molar-refractivity contribution in [2.45, 2.75) is 37.7 Å². The van der Waals surface area contributed by atoms with Crippen molar-refractivity contribution in [1.29, 1.82) is 0 Å². The van der Waals surface area contributed by atoms with Crippen LogP contribution < -0.4 is 4.74 Å². The first kappa shape index (κ1) is 13.8. The van der Waals surface area contributed by atoms with Gasteiger partial charge in [0.1, 0.15) is 11.4 Å². The minimum atomic E-state index is -1.07. The molecule has 102 valence electrons. The van der Waals surface area contributed by atoms with Crippen LogP contribution in [-0.4, -0.2) is 17.8 Å². The second kappa shape index (κ2) is 5.58. The van der Waals surface area contributed by atoms with E-state index < -0.39 is 17.2 Å². The summed E-state index contributed by atoms with van der Waals surface area (Å²) in [5.41, 5.74) is -1.13. The maximum absolute atomic E-state index is 13.7. The highest BCUT2D eigenvalue weighted by atomic mass is 19.1. The van der Waals surface area contributed by atoms with Gasteiger partial charge in [0.2, 0.25) is 0 Å². The molecule has 1 aromatic rings. The molecule has 0 bridgehead atoms. The van der Waals surface area contributed by atoms with Gasteiger partial charge >= 0.3 is 0 Å². The molecule has 19 heavy (non-hydrogen) atoms. The molecular formula is C15H16F2O2. The van der Waals surface area contributed by atoms with E-state index in [1.807, 2.05) is 0 Å². The molecule has 2 nitrogen and oxygen atoms in total. The zero-order chi connectivity index (χ0) is 13.9. The molecule has 0 amide bonds. The number of hydrogen-bond acceptors (Lipinski definition) is 2. The van der Waals surface area contributed by atoms with Gasteiger partial charge in [0, 0.05) is 6.07 Å². The Balaban J connectivity index is 2.26. The summed E-state index contributed by atoms with van der Waals surface area (Å²) in [6.07, 6.45) is 4.06. The van der Waals surface area contributed by atoms with E-state index in [9.17, 15) is 13.9 Å². The third-order valence-electron chi connectivity index (χ3n) is 3.35. The smallest absolute Gasteiger partial charge is 0.166 e. The number of rotatable bonds is 1. The summed E-state index contributed by atoms with van der Waals surface area (Å²) < 4.78 is 31.8. The topological polar surface area (TPSA) is 29.5 Å². The van der Waals surface area contributed by atoms with Gasteiger partial charge in [0.25, 0.3) is 0 Å². The van der Waals surface area contributed by atoms with Crippen molar-refractivity contribution < 1.29 is 18.6 Å². The van der Waals surface area contributed by atoms with Crippen molar-refractivity contribution in [3.8, 4) is 17.6 Å². The molecule has 1 saturated carbocycles. The Labute approximate surface area is 111 Å². The zero-order valence-electron chi connectivity index (χ0n) is 10.8. The van der Waals surface area contributed by atoms with Gasteiger partial charge in [-0.1, -0.05) is 18.3 Å². The van der Waals surface area contributed by atoms with Crippen LogP contribution in [-0.2, 0) is 0 Å². The fourth-order valence-electron chi connectivity index (χ4n) is 2.23. The van der Waals surface area contributed by atoms with Crippen molar-refractivity contribution in [2.75, 3.05) is 7.11 Å². The SMILES string of the molecule is COc1cc(F)c(C#CC2(O)CCCCC2)cc1F. The Morgan fingerprint density at radius 1 is 1.16 bits per heavy atom. The second-order valence-corrected chi connectivity index (χ2v) is 4.81. The Kier molecular flexibility index (Phi) is 4.06. The van der Waals surface area contributed by atoms with Crippen molar-refractivity contribution >= 4 is 0 Å². The zero-order valence-corrected chi connectivity index (χ0v) is 10.8. The van der Waals surface area contributed by atoms with Crippen molar-refractivity contribution in [3.63, 3.8) is 0 Å². The van der Waals surface area contributed by atoms with Gasteiger partial charge in [-0.15, -0.1) is 0 Å². The lowest BCUT2D eigenvalue weighted by atomic mass is 9.85. The van der Waals surface area contributed by atoms with Crippen molar-refractivity contribution in [3.05, 3.63) is 29.3 Å². The number of benzene rings is 1. The maximum atomic E-state index is 13.7. The first-order valence-corrected chi connectivity index (χ1v) is 6.33. The number of ether oxygens (including phenoxy) is 1. The minimum Gasteiger partial charge on any atom is -0.494 e. The Hall–Kier alpha value is -1.60. The average molecular weight is 266 g/mol. The molecule has 1 aliphatic rings. The predicted molar refractivity (Wildman–Crippen MR) is 67.8 cm³/mol. The van der Waals surface area contributed by atoms with E-state index in [1.54, 1.807) is 0 Å². The Morgan fingerprint density at radius 3 is 2.47 bits per heavy atom. The molecule has 1 N–H and O–H groups in total. The summed E-state index contributed by atoms with van der Waals surface area (Å²) in [6, 6.07) is 1.96. The molecular weight excluding hydrogens is 250 g/mol.